The van der Waals surface area contributed by atoms with Crippen LogP contribution in [0, 0.1) is 28.6 Å². The van der Waals surface area contributed by atoms with E-state index in [-0.39, 0.29) is 124 Å². The maximum absolute atomic E-state index is 14.0. The molecule has 6 aromatic carbocycles. The van der Waals surface area contributed by atoms with Crippen LogP contribution in [0.2, 0.25) is 0 Å². The first kappa shape index (κ1) is 86.2. The van der Waals surface area contributed by atoms with Gasteiger partial charge in [-0.2, -0.15) is 10.5 Å². The Bertz CT molecular complexity index is 5070. The summed E-state index contributed by atoms with van der Waals surface area (Å²) in [5.41, 5.74) is 8.06. The summed E-state index contributed by atoms with van der Waals surface area (Å²) in [5, 5.41) is 25.6. The van der Waals surface area contributed by atoms with Crippen molar-refractivity contribution in [2.75, 3.05) is 71.5 Å². The smallest absolute Gasteiger partial charge is 0.409 e. The third kappa shape index (κ3) is 20.8. The molecule has 6 heterocycles. The summed E-state index contributed by atoms with van der Waals surface area (Å²) >= 11 is 0. The molecule has 8 atom stereocenters. The number of nitrogens with one attached hydrogen (secondary N) is 2. The minimum Gasteiger partial charge on any atom is -0.497 e. The van der Waals surface area contributed by atoms with Crippen molar-refractivity contribution in [2.45, 2.75) is 166 Å². The minimum atomic E-state index is -2.42. The lowest BCUT2D eigenvalue weighted by molar-refractivity contribution is -0.119. The summed E-state index contributed by atoms with van der Waals surface area (Å²) in [5.74, 6) is 1.36. The molecule has 13 rings (SSSR count). The number of aromatic nitrogens is 8. The predicted octanol–water partition coefficient (Wildman–Crippen LogP) is 16.3. The molecule has 10 aromatic rings. The highest BCUT2D eigenvalue weighted by Crippen LogP contribution is 2.53. The first-order valence-corrected chi connectivity index (χ1v) is 42.3. The molecule has 0 bridgehead atoms. The number of amides is 3. The van der Waals surface area contributed by atoms with Crippen LogP contribution < -0.4 is 20.1 Å². The molecule has 2 aliphatic heterocycles. The highest BCUT2D eigenvalue weighted by atomic mass is 31.2. The fourth-order valence-corrected chi connectivity index (χ4v) is 18.0. The molecule has 0 spiro atoms. The monoisotopic (exact) mass is 1650 g/mol. The first-order chi connectivity index (χ1) is 57.8. The molecule has 8 unspecified atom stereocenters. The van der Waals surface area contributed by atoms with Gasteiger partial charge < -0.3 is 66.6 Å². The van der Waals surface area contributed by atoms with E-state index in [2.05, 4.69) is 80.5 Å². The van der Waals surface area contributed by atoms with Gasteiger partial charge in [0.15, 0.2) is 34.0 Å². The lowest BCUT2D eigenvalue weighted by atomic mass is 9.80. The van der Waals surface area contributed by atoms with E-state index in [1.165, 1.54) is 17.6 Å². The van der Waals surface area contributed by atoms with Crippen LogP contribution in [0.15, 0.2) is 177 Å². The van der Waals surface area contributed by atoms with Gasteiger partial charge in [-0.05, 0) is 134 Å². The molecule has 2 saturated heterocycles. The number of benzene rings is 6. The van der Waals surface area contributed by atoms with E-state index in [1.807, 2.05) is 143 Å². The number of aryl methyl sites for hydroxylation is 1. The summed E-state index contributed by atoms with van der Waals surface area (Å²) < 4.78 is 78.8. The van der Waals surface area contributed by atoms with Crippen molar-refractivity contribution in [3.8, 4) is 34.8 Å². The van der Waals surface area contributed by atoms with E-state index in [9.17, 15) is 29.7 Å². The lowest BCUT2D eigenvalue weighted by Gasteiger charge is -2.37. The van der Waals surface area contributed by atoms with E-state index in [0.29, 0.717) is 60.0 Å². The summed E-state index contributed by atoms with van der Waals surface area (Å²) in [6.07, 6.45) is 3.34. The summed E-state index contributed by atoms with van der Waals surface area (Å²) in [4.78, 5) is 83.1. The van der Waals surface area contributed by atoms with Crippen molar-refractivity contribution in [1.29, 1.82) is 10.5 Å². The number of hydrogen-bond acceptors (Lipinski definition) is 24. The molecule has 0 radical (unpaired) electrons. The Morgan fingerprint density at radius 3 is 1.70 bits per heavy atom. The number of rotatable bonds is 41. The Labute approximate surface area is 694 Å². The molecule has 1 aliphatic carbocycles. The second kappa shape index (κ2) is 40.9. The molecule has 2 fully saturated rings. The van der Waals surface area contributed by atoms with Crippen molar-refractivity contribution in [2.24, 2.45) is 5.92 Å². The highest BCUT2D eigenvalue weighted by Gasteiger charge is 2.47. The van der Waals surface area contributed by atoms with Gasteiger partial charge in [-0.15, -0.1) is 0 Å². The molecule has 0 saturated carbocycles. The molecule has 3 amide bonds. The number of ketones is 1. The van der Waals surface area contributed by atoms with Gasteiger partial charge in [0.25, 0.3) is 14.4 Å². The minimum absolute atomic E-state index is 0.0196. The third-order valence-corrected chi connectivity index (χ3v) is 24.5. The zero-order valence-electron chi connectivity index (χ0n) is 68.2. The topological polar surface area (TPSA) is 335 Å². The fourth-order valence-electron chi connectivity index (χ4n) is 15.1. The van der Waals surface area contributed by atoms with Gasteiger partial charge in [-0.25, -0.2) is 39.4 Å². The molecular formula is C88H100N14O15P2. The number of carbonyl (C=O) groups excluding carboxylic acids is 4. The maximum atomic E-state index is 14.0. The van der Waals surface area contributed by atoms with Gasteiger partial charge in [-0.3, -0.25) is 23.5 Å². The second-order valence-electron chi connectivity index (χ2n) is 30.2. The molecule has 29 nitrogen and oxygen atoms in total. The maximum Gasteiger partial charge on any atom is 0.409 e. The highest BCUT2D eigenvalue weighted by molar-refractivity contribution is 7.44. The quantitative estimate of drug-likeness (QED) is 0.0204. The standard InChI is InChI=1S/C88H100N14O15P2/c1-57(2)27-37-65(103)38-30-60-28-31-61(32-29-60)86(105)98-83-81-85(94-54-92-83)101(56-96-81)79-49-74(75(114-79)51-110-88(62-20-11-10-12-21-62,63-33-39-66(107-8)40-34-63)64-35-41-67(108-9)42-36-64)117-119(112-47-19-44-90)113-52-76-73(116-118(111-46-18-43-89)102(58(3)4)59(5)6)48-78(115-76)100-55-95-80-82(91-53-93-84(80)100)97-77(104)26-17-45-99(7)87(106)109-50-72-70-24-15-13-22-68(70)69-23-14-16-25-71(69)72/h10-16,20-25,28-29,31-36,39-42,53-59,72-76,78-79H,17-19,26-27,30,37-38,45-52H2,1-9H3,(H,91,93,97,104)(H,92,94,98,105). The van der Waals surface area contributed by atoms with E-state index in [0.717, 1.165) is 50.9 Å². The number of nitrogens with zero attached hydrogens (tertiary/aromatic N) is 12. The van der Waals surface area contributed by atoms with Crippen molar-refractivity contribution in [3.63, 3.8) is 0 Å². The zero-order chi connectivity index (χ0) is 83.5. The van der Waals surface area contributed by atoms with Crippen LogP contribution in [0.4, 0.5) is 16.4 Å². The largest absolute Gasteiger partial charge is 0.497 e. The predicted molar refractivity (Wildman–Crippen MR) is 447 cm³/mol. The fraction of sp³-hybridized carbons (Fsp3) is 0.409. The summed E-state index contributed by atoms with van der Waals surface area (Å²) in [6.45, 7) is 12.5. The van der Waals surface area contributed by atoms with Gasteiger partial charge in [0, 0.05) is 69.3 Å². The normalized spacial score (nSPS) is 17.6. The average molecular weight is 1660 g/mol. The zero-order valence-corrected chi connectivity index (χ0v) is 70.0. The number of methoxy groups -OCH3 is 2. The van der Waals surface area contributed by atoms with Gasteiger partial charge in [0.1, 0.15) is 66.8 Å². The molecular weight excluding hydrogens is 1550 g/mol. The van der Waals surface area contributed by atoms with E-state index in [4.69, 9.17) is 66.0 Å². The Hall–Kier alpha value is -10.6. The summed E-state index contributed by atoms with van der Waals surface area (Å²) in [7, 11) is 0.580. The molecule has 2 N–H and O–H groups in total. The van der Waals surface area contributed by atoms with Gasteiger partial charge in [0.05, 0.1) is 90.5 Å². The van der Waals surface area contributed by atoms with Crippen LogP contribution in [0.5, 0.6) is 11.5 Å². The number of ether oxygens (including phenoxy) is 6. The van der Waals surface area contributed by atoms with Crippen LogP contribution in [0.25, 0.3) is 33.5 Å². The van der Waals surface area contributed by atoms with E-state index < -0.39 is 71.6 Å². The number of anilines is 2. The van der Waals surface area contributed by atoms with E-state index in [1.54, 1.807) is 55.2 Å². The molecule has 4 aromatic heterocycles. The lowest BCUT2D eigenvalue weighted by Crippen LogP contribution is -2.38. The second-order valence-corrected chi connectivity index (χ2v) is 32.8. The first-order valence-electron chi connectivity index (χ1n) is 40.1. The van der Waals surface area contributed by atoms with Gasteiger partial charge in [0.2, 0.25) is 5.91 Å². The van der Waals surface area contributed by atoms with Crippen molar-refractivity contribution < 1.29 is 70.2 Å². The third-order valence-electron chi connectivity index (χ3n) is 21.1. The van der Waals surface area contributed by atoms with E-state index >= 15 is 0 Å². The summed E-state index contributed by atoms with van der Waals surface area (Å²) in [6, 6.07) is 52.9. The SMILES string of the molecule is COc1ccc(C(OCC2OC(n3cnc4c(NC(=O)c5ccc(CCC(=O)CCC(C)C)cc5)ncnc43)CC2OP(OCCC#N)OCC2OC(n3cnc4c(NC(=O)CCCN(C)C(=O)OCC5c6ccccc6-c6ccccc65)ncnc43)CC2OP(OCCC#N)N(C(C)C)C(C)C)(c2ccccc2)c2ccc(OC)cc2)cc1. The van der Waals surface area contributed by atoms with Crippen molar-refractivity contribution >= 4 is 74.8 Å². The van der Waals surface area contributed by atoms with Gasteiger partial charge in [-0.1, -0.05) is 129 Å². The number of hydrogen-bond donors (Lipinski definition) is 2. The number of Topliss-reactive ketones (excluding diaryl/α,β-unsaturated/α-hetero) is 1. The Morgan fingerprint density at radius 1 is 0.597 bits per heavy atom. The van der Waals surface area contributed by atoms with Crippen LogP contribution >= 0.6 is 17.1 Å². The Kier molecular flexibility index (Phi) is 29.6. The van der Waals surface area contributed by atoms with Gasteiger partial charge >= 0.3 is 14.7 Å². The van der Waals surface area contributed by atoms with Crippen LogP contribution in [0.3, 0.4) is 0 Å². The average Bonchev–Trinajstić information content (AvgIpc) is 1.28. The number of carbonyl (C=O) groups is 4. The van der Waals surface area contributed by atoms with Crippen molar-refractivity contribution in [3.05, 3.63) is 216 Å². The Morgan fingerprint density at radius 2 is 1.13 bits per heavy atom. The van der Waals surface area contributed by atoms with Crippen molar-refractivity contribution in [1.82, 2.24) is 48.6 Å². The van der Waals surface area contributed by atoms with Crippen LogP contribution in [-0.2, 0) is 63.2 Å². The number of imidazole rings is 2. The number of fused-ring (bicyclic) bond motifs is 5. The molecule has 3 aliphatic rings. The Balaban J connectivity index is 0.762. The molecule has 31 heteroatoms. The number of nitriles is 2. The molecule has 119 heavy (non-hydrogen) atoms. The molecule has 622 valence electrons. The van der Waals surface area contributed by atoms with Crippen LogP contribution in [-0.4, -0.2) is 170 Å². The van der Waals surface area contributed by atoms with Crippen LogP contribution in [0.1, 0.15) is 161 Å².